The Morgan fingerprint density at radius 2 is 1.92 bits per heavy atom. The summed E-state index contributed by atoms with van der Waals surface area (Å²) in [5, 5.41) is 3.75. The quantitative estimate of drug-likeness (QED) is 0.692. The van der Waals surface area contributed by atoms with Gasteiger partial charge in [0.05, 0.1) is 5.39 Å². The summed E-state index contributed by atoms with van der Waals surface area (Å²) in [6.45, 7) is 3.82. The Kier molecular flexibility index (Phi) is 5.12. The van der Waals surface area contributed by atoms with Gasteiger partial charge in [0.15, 0.2) is 6.61 Å². The lowest BCUT2D eigenvalue weighted by molar-refractivity contribution is -0.118. The number of nitrogens with zero attached hydrogens (tertiary/aromatic N) is 1. The van der Waals surface area contributed by atoms with Crippen molar-refractivity contribution in [3.8, 4) is 5.75 Å². The summed E-state index contributed by atoms with van der Waals surface area (Å²) in [5.41, 5.74) is 0.328. The second kappa shape index (κ2) is 7.65. The summed E-state index contributed by atoms with van der Waals surface area (Å²) in [6.07, 6.45) is 3.31. The second-order valence-electron chi connectivity index (χ2n) is 5.62. The number of allylic oxidation sites excluding steroid dienone is 1. The van der Waals surface area contributed by atoms with E-state index < -0.39 is 0 Å². The molecule has 0 aliphatic carbocycles. The number of ether oxygens (including phenoxy) is 1. The highest BCUT2D eigenvalue weighted by atomic mass is 19.1. The number of anilines is 1. The average Bonchev–Trinajstić information content (AvgIpc) is 2.64. The van der Waals surface area contributed by atoms with Gasteiger partial charge in [0.2, 0.25) is 0 Å². The summed E-state index contributed by atoms with van der Waals surface area (Å²) >= 11 is 0. The van der Waals surface area contributed by atoms with Crippen LogP contribution >= 0.6 is 0 Å². The Hall–Kier alpha value is -3.41. The molecule has 3 aromatic rings. The third-order valence-electron chi connectivity index (χ3n) is 3.79. The minimum atomic E-state index is -0.381. The maximum absolute atomic E-state index is 12.9. The molecule has 0 saturated heterocycles. The molecule has 3 rings (SSSR count). The predicted molar refractivity (Wildman–Crippen MR) is 98.9 cm³/mol. The average molecular weight is 352 g/mol. The Morgan fingerprint density at radius 3 is 2.65 bits per heavy atom. The lowest BCUT2D eigenvalue weighted by Crippen LogP contribution is -2.21. The number of nitrogens with one attached hydrogen (secondary N) is 1. The molecule has 2 aromatic carbocycles. The summed E-state index contributed by atoms with van der Waals surface area (Å²) in [7, 11) is 0. The number of halogens is 1. The zero-order valence-corrected chi connectivity index (χ0v) is 13.9. The van der Waals surface area contributed by atoms with Crippen LogP contribution in [0.2, 0.25) is 0 Å². The van der Waals surface area contributed by atoms with Crippen molar-refractivity contribution in [3.05, 3.63) is 83.6 Å². The van der Waals surface area contributed by atoms with Crippen molar-refractivity contribution in [2.24, 2.45) is 0 Å². The molecular formula is C20H17FN2O3. The fraction of sp³-hybridized carbons (Fsp3) is 0.100. The molecule has 0 atom stereocenters. The van der Waals surface area contributed by atoms with Gasteiger partial charge in [0.1, 0.15) is 11.6 Å². The van der Waals surface area contributed by atoms with E-state index in [1.807, 2.05) is 0 Å². The standard InChI is InChI=1S/C20H17FN2O3/c1-2-11-23-12-10-16-17(20(23)25)4-3-5-18(16)26-13-19(24)22-15-8-6-14(21)7-9-15/h2-10,12H,1,11,13H2,(H,22,24). The number of hydrogen-bond donors (Lipinski definition) is 1. The van der Waals surface area contributed by atoms with Crippen molar-refractivity contribution in [2.45, 2.75) is 6.54 Å². The molecule has 132 valence electrons. The van der Waals surface area contributed by atoms with Gasteiger partial charge in [-0.2, -0.15) is 0 Å². The first kappa shape index (κ1) is 17.4. The Balaban J connectivity index is 1.75. The van der Waals surface area contributed by atoms with Crippen LogP contribution in [0.5, 0.6) is 5.75 Å². The Bertz CT molecular complexity index is 1010. The SMILES string of the molecule is C=CCn1ccc2c(OCC(=O)Nc3ccc(F)cc3)cccc2c1=O. The van der Waals surface area contributed by atoms with E-state index in [2.05, 4.69) is 11.9 Å². The van der Waals surface area contributed by atoms with Crippen molar-refractivity contribution in [3.63, 3.8) is 0 Å². The van der Waals surface area contributed by atoms with Gasteiger partial charge in [0, 0.05) is 23.8 Å². The first-order valence-corrected chi connectivity index (χ1v) is 8.00. The lowest BCUT2D eigenvalue weighted by Gasteiger charge is -2.11. The van der Waals surface area contributed by atoms with Gasteiger partial charge in [0.25, 0.3) is 11.5 Å². The van der Waals surface area contributed by atoms with Crippen LogP contribution in [0, 0.1) is 5.82 Å². The molecule has 0 unspecified atom stereocenters. The zero-order chi connectivity index (χ0) is 18.5. The molecule has 0 saturated carbocycles. The van der Waals surface area contributed by atoms with Crippen molar-refractivity contribution < 1.29 is 13.9 Å². The Morgan fingerprint density at radius 1 is 1.15 bits per heavy atom. The van der Waals surface area contributed by atoms with Crippen LogP contribution < -0.4 is 15.6 Å². The second-order valence-corrected chi connectivity index (χ2v) is 5.62. The number of pyridine rings is 1. The number of benzene rings is 2. The molecule has 0 bridgehead atoms. The van der Waals surface area contributed by atoms with Crippen molar-refractivity contribution >= 4 is 22.4 Å². The first-order chi connectivity index (χ1) is 12.6. The van der Waals surface area contributed by atoms with Gasteiger partial charge >= 0.3 is 0 Å². The van der Waals surface area contributed by atoms with Crippen LogP contribution in [0.15, 0.2) is 72.2 Å². The molecule has 1 aromatic heterocycles. The number of fused-ring (bicyclic) bond motifs is 1. The number of rotatable bonds is 6. The minimum absolute atomic E-state index is 0.149. The van der Waals surface area contributed by atoms with E-state index in [0.29, 0.717) is 28.8 Å². The molecule has 0 fully saturated rings. The summed E-state index contributed by atoms with van der Waals surface area (Å²) < 4.78 is 20.0. The molecule has 1 N–H and O–H groups in total. The molecule has 1 amide bonds. The molecule has 0 radical (unpaired) electrons. The van der Waals surface area contributed by atoms with Gasteiger partial charge in [-0.1, -0.05) is 12.1 Å². The number of amides is 1. The Labute approximate surface area is 149 Å². The van der Waals surface area contributed by atoms with E-state index in [9.17, 15) is 14.0 Å². The van der Waals surface area contributed by atoms with Crippen molar-refractivity contribution in [2.75, 3.05) is 11.9 Å². The lowest BCUT2D eigenvalue weighted by atomic mass is 10.1. The highest BCUT2D eigenvalue weighted by molar-refractivity contribution is 5.92. The summed E-state index contributed by atoms with van der Waals surface area (Å²) in [6, 6.07) is 12.3. The van der Waals surface area contributed by atoms with Gasteiger partial charge < -0.3 is 14.6 Å². The highest BCUT2D eigenvalue weighted by Gasteiger charge is 2.09. The molecule has 0 aliphatic rings. The van der Waals surface area contributed by atoms with Crippen LogP contribution in [-0.4, -0.2) is 17.1 Å². The van der Waals surface area contributed by atoms with Crippen LogP contribution in [0.1, 0.15) is 0 Å². The molecule has 6 heteroatoms. The predicted octanol–water partition coefficient (Wildman–Crippen LogP) is 3.34. The fourth-order valence-corrected chi connectivity index (χ4v) is 2.57. The normalized spacial score (nSPS) is 10.5. The van der Waals surface area contributed by atoms with E-state index in [0.717, 1.165) is 0 Å². The molecule has 1 heterocycles. The van der Waals surface area contributed by atoms with Crippen molar-refractivity contribution in [1.29, 1.82) is 0 Å². The number of carbonyl (C=O) groups is 1. The molecule has 0 spiro atoms. The van der Waals surface area contributed by atoms with E-state index in [1.54, 1.807) is 41.1 Å². The summed E-state index contributed by atoms with van der Waals surface area (Å²) in [4.78, 5) is 24.4. The van der Waals surface area contributed by atoms with E-state index in [4.69, 9.17) is 4.74 Å². The number of carbonyl (C=O) groups excluding carboxylic acids is 1. The van der Waals surface area contributed by atoms with Crippen LogP contribution in [-0.2, 0) is 11.3 Å². The minimum Gasteiger partial charge on any atom is -0.483 e. The third-order valence-corrected chi connectivity index (χ3v) is 3.79. The van der Waals surface area contributed by atoms with Gasteiger partial charge in [-0.15, -0.1) is 6.58 Å². The maximum atomic E-state index is 12.9. The number of aromatic nitrogens is 1. The molecular weight excluding hydrogens is 335 g/mol. The maximum Gasteiger partial charge on any atom is 0.262 e. The molecule has 5 nitrogen and oxygen atoms in total. The number of hydrogen-bond acceptors (Lipinski definition) is 3. The van der Waals surface area contributed by atoms with Crippen LogP contribution in [0.4, 0.5) is 10.1 Å². The molecule has 0 aliphatic heterocycles. The van der Waals surface area contributed by atoms with E-state index >= 15 is 0 Å². The highest BCUT2D eigenvalue weighted by Crippen LogP contribution is 2.23. The topological polar surface area (TPSA) is 60.3 Å². The fourth-order valence-electron chi connectivity index (χ4n) is 2.57. The van der Waals surface area contributed by atoms with Crippen LogP contribution in [0.3, 0.4) is 0 Å². The zero-order valence-electron chi connectivity index (χ0n) is 13.9. The van der Waals surface area contributed by atoms with Gasteiger partial charge in [-0.3, -0.25) is 9.59 Å². The third kappa shape index (κ3) is 3.80. The largest absolute Gasteiger partial charge is 0.483 e. The molecule has 26 heavy (non-hydrogen) atoms. The van der Waals surface area contributed by atoms with E-state index in [-0.39, 0.29) is 23.9 Å². The summed E-state index contributed by atoms with van der Waals surface area (Å²) in [5.74, 6) is -0.315. The van der Waals surface area contributed by atoms with Crippen LogP contribution in [0.25, 0.3) is 10.8 Å². The van der Waals surface area contributed by atoms with Gasteiger partial charge in [-0.25, -0.2) is 4.39 Å². The smallest absolute Gasteiger partial charge is 0.262 e. The first-order valence-electron chi connectivity index (χ1n) is 8.00. The van der Waals surface area contributed by atoms with Gasteiger partial charge in [-0.05, 0) is 42.5 Å². The monoisotopic (exact) mass is 352 g/mol. The van der Waals surface area contributed by atoms with E-state index in [1.165, 1.54) is 24.3 Å². The van der Waals surface area contributed by atoms with Crippen molar-refractivity contribution in [1.82, 2.24) is 4.57 Å².